The van der Waals surface area contributed by atoms with Crippen molar-refractivity contribution in [3.63, 3.8) is 0 Å². The summed E-state index contributed by atoms with van der Waals surface area (Å²) >= 11 is 7.36. The third kappa shape index (κ3) is 3.75. The third-order valence-electron chi connectivity index (χ3n) is 2.39. The first-order valence-electron chi connectivity index (χ1n) is 5.53. The molecule has 5 heteroatoms. The van der Waals surface area contributed by atoms with Gasteiger partial charge in [-0.25, -0.2) is 0 Å². The first-order valence-corrected chi connectivity index (χ1v) is 6.79. The molecule has 0 atom stereocenters. The monoisotopic (exact) mass is 280 g/mol. The van der Waals surface area contributed by atoms with Crippen LogP contribution in [-0.2, 0) is 11.3 Å². The Balaban J connectivity index is 1.75. The van der Waals surface area contributed by atoms with Crippen LogP contribution in [0.2, 0.25) is 4.34 Å². The van der Waals surface area contributed by atoms with Crippen molar-refractivity contribution in [3.8, 4) is 0 Å². The van der Waals surface area contributed by atoms with Crippen molar-refractivity contribution in [1.82, 2.24) is 5.32 Å². The molecule has 0 fully saturated rings. The molecule has 0 aliphatic carbocycles. The van der Waals surface area contributed by atoms with Crippen LogP contribution in [0.1, 0.15) is 5.56 Å². The molecule has 0 unspecified atom stereocenters. The molecule has 94 valence electrons. The van der Waals surface area contributed by atoms with Crippen LogP contribution in [0.5, 0.6) is 0 Å². The van der Waals surface area contributed by atoms with E-state index in [1.165, 1.54) is 11.3 Å². The molecule has 3 nitrogen and oxygen atoms in total. The maximum absolute atomic E-state index is 11.6. The number of hydrogen-bond acceptors (Lipinski definition) is 3. The molecule has 18 heavy (non-hydrogen) atoms. The normalized spacial score (nSPS) is 10.1. The number of thiophene rings is 1. The second-order valence-corrected chi connectivity index (χ2v) is 5.24. The van der Waals surface area contributed by atoms with E-state index in [0.29, 0.717) is 10.9 Å². The second-order valence-electron chi connectivity index (χ2n) is 3.72. The van der Waals surface area contributed by atoms with Crippen molar-refractivity contribution >= 4 is 34.5 Å². The molecule has 0 saturated heterocycles. The number of anilines is 1. The standard InChI is InChI=1S/C13H13ClN2OS/c14-13-11(6-7-18-13)15-9-12(17)16-8-10-4-2-1-3-5-10/h1-7,15H,8-9H2,(H,16,17). The van der Waals surface area contributed by atoms with Gasteiger partial charge in [-0.3, -0.25) is 4.79 Å². The molecule has 0 aliphatic heterocycles. The van der Waals surface area contributed by atoms with Gasteiger partial charge >= 0.3 is 0 Å². The smallest absolute Gasteiger partial charge is 0.239 e. The van der Waals surface area contributed by atoms with Crippen molar-refractivity contribution < 1.29 is 4.79 Å². The maximum Gasteiger partial charge on any atom is 0.239 e. The summed E-state index contributed by atoms with van der Waals surface area (Å²) in [4.78, 5) is 11.6. The molecular formula is C13H13ClN2OS. The van der Waals surface area contributed by atoms with Crippen LogP contribution in [0.15, 0.2) is 41.8 Å². The largest absolute Gasteiger partial charge is 0.374 e. The van der Waals surface area contributed by atoms with Crippen LogP contribution in [0.25, 0.3) is 0 Å². The number of nitrogens with one attached hydrogen (secondary N) is 2. The van der Waals surface area contributed by atoms with Crippen molar-refractivity contribution in [2.24, 2.45) is 0 Å². The Kier molecular flexibility index (Phi) is 4.61. The summed E-state index contributed by atoms with van der Waals surface area (Å²) < 4.78 is 0.672. The number of hydrogen-bond donors (Lipinski definition) is 2. The van der Waals surface area contributed by atoms with E-state index in [4.69, 9.17) is 11.6 Å². The van der Waals surface area contributed by atoms with Gasteiger partial charge in [0.2, 0.25) is 5.91 Å². The molecule has 1 amide bonds. The number of carbonyl (C=O) groups is 1. The number of rotatable bonds is 5. The third-order valence-corrected chi connectivity index (χ3v) is 3.56. The van der Waals surface area contributed by atoms with Crippen LogP contribution in [-0.4, -0.2) is 12.5 Å². The predicted octanol–water partition coefficient (Wildman–Crippen LogP) is 3.13. The minimum atomic E-state index is -0.0545. The van der Waals surface area contributed by atoms with Crippen LogP contribution in [0.4, 0.5) is 5.69 Å². The molecule has 0 radical (unpaired) electrons. The van der Waals surface area contributed by atoms with Gasteiger partial charge in [-0.05, 0) is 17.0 Å². The molecule has 0 spiro atoms. The van der Waals surface area contributed by atoms with Gasteiger partial charge in [0, 0.05) is 6.54 Å². The highest BCUT2D eigenvalue weighted by Crippen LogP contribution is 2.27. The van der Waals surface area contributed by atoms with Gasteiger partial charge in [-0.15, -0.1) is 11.3 Å². The van der Waals surface area contributed by atoms with Crippen molar-refractivity contribution in [3.05, 3.63) is 51.7 Å². The first kappa shape index (κ1) is 12.9. The van der Waals surface area contributed by atoms with E-state index in [0.717, 1.165) is 11.3 Å². The van der Waals surface area contributed by atoms with Crippen LogP contribution < -0.4 is 10.6 Å². The SMILES string of the molecule is O=C(CNc1ccsc1Cl)NCc1ccccc1. The Hall–Kier alpha value is -1.52. The summed E-state index contributed by atoms with van der Waals surface area (Å²) in [6.07, 6.45) is 0. The Morgan fingerprint density at radius 1 is 1.22 bits per heavy atom. The number of carbonyl (C=O) groups excluding carboxylic acids is 1. The highest BCUT2D eigenvalue weighted by molar-refractivity contribution is 7.15. The van der Waals surface area contributed by atoms with E-state index in [2.05, 4.69) is 10.6 Å². The van der Waals surface area contributed by atoms with Gasteiger partial charge in [0.1, 0.15) is 4.34 Å². The number of amides is 1. The van der Waals surface area contributed by atoms with E-state index >= 15 is 0 Å². The summed E-state index contributed by atoms with van der Waals surface area (Å²) in [5.41, 5.74) is 1.89. The molecule has 2 aromatic rings. The van der Waals surface area contributed by atoms with Crippen LogP contribution >= 0.6 is 22.9 Å². The lowest BCUT2D eigenvalue weighted by Gasteiger charge is -2.07. The van der Waals surface area contributed by atoms with E-state index in [-0.39, 0.29) is 12.5 Å². The van der Waals surface area contributed by atoms with Gasteiger partial charge < -0.3 is 10.6 Å². The Bertz CT molecular complexity index is 513. The van der Waals surface area contributed by atoms with Gasteiger partial charge in [0.25, 0.3) is 0 Å². The summed E-state index contributed by atoms with van der Waals surface area (Å²) in [7, 11) is 0. The number of halogens is 1. The average molecular weight is 281 g/mol. The summed E-state index contributed by atoms with van der Waals surface area (Å²) in [6.45, 7) is 0.766. The van der Waals surface area contributed by atoms with E-state index < -0.39 is 0 Å². The predicted molar refractivity (Wildman–Crippen MR) is 76.1 cm³/mol. The average Bonchev–Trinajstić information content (AvgIpc) is 2.81. The van der Waals surface area contributed by atoms with Gasteiger partial charge in [0.05, 0.1) is 12.2 Å². The lowest BCUT2D eigenvalue weighted by atomic mass is 10.2. The van der Waals surface area contributed by atoms with Crippen molar-refractivity contribution in [2.45, 2.75) is 6.54 Å². The van der Waals surface area contributed by atoms with Crippen molar-refractivity contribution in [2.75, 3.05) is 11.9 Å². The summed E-state index contributed by atoms with van der Waals surface area (Å²) in [5.74, 6) is -0.0545. The van der Waals surface area contributed by atoms with Crippen LogP contribution in [0, 0.1) is 0 Å². The molecule has 2 rings (SSSR count). The molecule has 0 saturated carbocycles. The zero-order valence-corrected chi connectivity index (χ0v) is 11.2. The Labute approximate surface area is 115 Å². The molecule has 0 aliphatic rings. The fourth-order valence-electron chi connectivity index (χ4n) is 1.45. The van der Waals surface area contributed by atoms with E-state index in [1.807, 2.05) is 41.8 Å². The first-order chi connectivity index (χ1) is 8.75. The van der Waals surface area contributed by atoms with Crippen LogP contribution in [0.3, 0.4) is 0 Å². The highest BCUT2D eigenvalue weighted by atomic mass is 35.5. The fraction of sp³-hybridized carbons (Fsp3) is 0.154. The van der Waals surface area contributed by atoms with Gasteiger partial charge in [0.15, 0.2) is 0 Å². The zero-order valence-electron chi connectivity index (χ0n) is 9.65. The maximum atomic E-state index is 11.6. The lowest BCUT2D eigenvalue weighted by molar-refractivity contribution is -0.119. The topological polar surface area (TPSA) is 41.1 Å². The molecule has 1 aromatic heterocycles. The summed E-state index contributed by atoms with van der Waals surface area (Å²) in [6, 6.07) is 11.7. The molecule has 1 aromatic carbocycles. The van der Waals surface area contributed by atoms with Gasteiger partial charge in [-0.1, -0.05) is 41.9 Å². The molecule has 0 bridgehead atoms. The fourth-order valence-corrected chi connectivity index (χ4v) is 2.33. The molecular weight excluding hydrogens is 268 g/mol. The molecule has 1 heterocycles. The second kappa shape index (κ2) is 6.42. The molecule has 2 N–H and O–H groups in total. The minimum Gasteiger partial charge on any atom is -0.374 e. The van der Waals surface area contributed by atoms with Crippen molar-refractivity contribution in [1.29, 1.82) is 0 Å². The highest BCUT2D eigenvalue weighted by Gasteiger charge is 2.04. The van der Waals surface area contributed by atoms with E-state index in [9.17, 15) is 4.79 Å². The van der Waals surface area contributed by atoms with E-state index in [1.54, 1.807) is 0 Å². The quantitative estimate of drug-likeness (QED) is 0.883. The number of benzene rings is 1. The Morgan fingerprint density at radius 2 is 2.00 bits per heavy atom. The summed E-state index contributed by atoms with van der Waals surface area (Å²) in [5, 5.41) is 7.72. The zero-order chi connectivity index (χ0) is 12.8. The lowest BCUT2D eigenvalue weighted by Crippen LogP contribution is -2.29. The Morgan fingerprint density at radius 3 is 2.67 bits per heavy atom. The minimum absolute atomic E-state index is 0.0545. The van der Waals surface area contributed by atoms with Gasteiger partial charge in [-0.2, -0.15) is 0 Å².